The SMILES string of the molecule is C=CCC1(C(OC)OC)OC(=O)C(Cl)=C1Cl. The molecule has 90 valence electrons. The molecule has 0 radical (unpaired) electrons. The Labute approximate surface area is 104 Å². The number of ether oxygens (including phenoxy) is 3. The number of halogens is 2. The first kappa shape index (κ1) is 13.5. The quantitative estimate of drug-likeness (QED) is 0.435. The number of cyclic esters (lactones) is 1. The lowest BCUT2D eigenvalue weighted by molar-refractivity contribution is -0.209. The van der Waals surface area contributed by atoms with Crippen molar-refractivity contribution < 1.29 is 19.0 Å². The lowest BCUT2D eigenvalue weighted by Gasteiger charge is -2.33. The fraction of sp³-hybridized carbons (Fsp3) is 0.500. The van der Waals surface area contributed by atoms with Crippen LogP contribution in [0.2, 0.25) is 0 Å². The minimum Gasteiger partial charge on any atom is -0.443 e. The Bertz CT molecular complexity index is 336. The summed E-state index contributed by atoms with van der Waals surface area (Å²) in [5.41, 5.74) is -1.24. The maximum absolute atomic E-state index is 11.4. The Morgan fingerprint density at radius 3 is 2.38 bits per heavy atom. The Hall–Kier alpha value is -0.550. The van der Waals surface area contributed by atoms with Crippen molar-refractivity contribution in [2.45, 2.75) is 18.3 Å². The van der Waals surface area contributed by atoms with Gasteiger partial charge >= 0.3 is 5.97 Å². The first-order valence-corrected chi connectivity index (χ1v) is 5.24. The Morgan fingerprint density at radius 2 is 2.06 bits per heavy atom. The number of hydrogen-bond donors (Lipinski definition) is 0. The predicted molar refractivity (Wildman–Crippen MR) is 60.2 cm³/mol. The van der Waals surface area contributed by atoms with Crippen LogP contribution in [-0.2, 0) is 19.0 Å². The van der Waals surface area contributed by atoms with Crippen LogP contribution in [0, 0.1) is 0 Å². The Morgan fingerprint density at radius 1 is 1.50 bits per heavy atom. The monoisotopic (exact) mass is 266 g/mol. The van der Waals surface area contributed by atoms with Gasteiger partial charge in [-0.2, -0.15) is 0 Å². The van der Waals surface area contributed by atoms with Gasteiger partial charge in [0.15, 0.2) is 0 Å². The van der Waals surface area contributed by atoms with E-state index in [-0.39, 0.29) is 16.5 Å². The van der Waals surface area contributed by atoms with Crippen LogP contribution in [-0.4, -0.2) is 32.1 Å². The standard InChI is InChI=1S/C10H12Cl2O4/c1-4-5-10(9(14-2)15-3)7(12)6(11)8(13)16-10/h4,9H,1,5H2,2-3H3. The van der Waals surface area contributed by atoms with Crippen LogP contribution in [0.1, 0.15) is 6.42 Å². The van der Waals surface area contributed by atoms with Crippen molar-refractivity contribution in [2.75, 3.05) is 14.2 Å². The van der Waals surface area contributed by atoms with Gasteiger partial charge in [-0.1, -0.05) is 29.3 Å². The minimum atomic E-state index is -1.24. The molecule has 0 bridgehead atoms. The van der Waals surface area contributed by atoms with Crippen LogP contribution < -0.4 is 0 Å². The molecule has 0 N–H and O–H groups in total. The van der Waals surface area contributed by atoms with Gasteiger partial charge < -0.3 is 14.2 Å². The lowest BCUT2D eigenvalue weighted by atomic mass is 9.99. The average Bonchev–Trinajstić information content (AvgIpc) is 2.47. The second-order valence-corrected chi connectivity index (χ2v) is 3.96. The molecule has 1 aliphatic heterocycles. The van der Waals surface area contributed by atoms with Crippen LogP contribution in [0.4, 0.5) is 0 Å². The number of methoxy groups -OCH3 is 2. The maximum atomic E-state index is 11.4. The van der Waals surface area contributed by atoms with Crippen molar-refractivity contribution >= 4 is 29.2 Å². The second kappa shape index (κ2) is 5.19. The van der Waals surface area contributed by atoms with Gasteiger partial charge in [-0.25, -0.2) is 4.79 Å². The third kappa shape index (κ3) is 1.98. The third-order valence-electron chi connectivity index (χ3n) is 2.27. The summed E-state index contributed by atoms with van der Waals surface area (Å²) in [5.74, 6) is -0.687. The molecule has 0 aromatic carbocycles. The van der Waals surface area contributed by atoms with Gasteiger partial charge in [0, 0.05) is 20.6 Å². The van der Waals surface area contributed by atoms with Gasteiger partial charge in [-0.3, -0.25) is 0 Å². The van der Waals surface area contributed by atoms with Crippen molar-refractivity contribution in [2.24, 2.45) is 0 Å². The molecule has 1 atom stereocenters. The van der Waals surface area contributed by atoms with Crippen molar-refractivity contribution in [3.8, 4) is 0 Å². The predicted octanol–water partition coefficient (Wildman–Crippen LogP) is 2.17. The summed E-state index contributed by atoms with van der Waals surface area (Å²) in [6.07, 6.45) is 0.967. The van der Waals surface area contributed by atoms with Crippen molar-refractivity contribution in [1.29, 1.82) is 0 Å². The molecule has 0 spiro atoms. The number of rotatable bonds is 5. The minimum absolute atomic E-state index is 0.0766. The van der Waals surface area contributed by atoms with Crippen LogP contribution >= 0.6 is 23.2 Å². The molecule has 0 aliphatic carbocycles. The summed E-state index contributed by atoms with van der Waals surface area (Å²) in [6.45, 7) is 3.58. The molecular formula is C10H12Cl2O4. The Kier molecular flexibility index (Phi) is 4.38. The molecule has 1 aliphatic rings. The van der Waals surface area contributed by atoms with Crippen molar-refractivity contribution in [1.82, 2.24) is 0 Å². The van der Waals surface area contributed by atoms with Gasteiger partial charge in [0.1, 0.15) is 5.03 Å². The molecule has 0 aromatic heterocycles. The molecule has 0 aromatic rings. The molecule has 0 saturated heterocycles. The zero-order valence-corrected chi connectivity index (χ0v) is 10.5. The normalized spacial score (nSPS) is 25.2. The summed E-state index contributed by atoms with van der Waals surface area (Å²) in [7, 11) is 2.84. The van der Waals surface area contributed by atoms with E-state index in [1.54, 1.807) is 6.08 Å². The van der Waals surface area contributed by atoms with Crippen molar-refractivity contribution in [3.63, 3.8) is 0 Å². The van der Waals surface area contributed by atoms with Crippen molar-refractivity contribution in [3.05, 3.63) is 22.7 Å². The van der Waals surface area contributed by atoms with Gasteiger partial charge in [-0.15, -0.1) is 6.58 Å². The summed E-state index contributed by atoms with van der Waals surface area (Å²) < 4.78 is 15.3. The van der Waals surface area contributed by atoms with Crippen LogP contribution in [0.15, 0.2) is 22.7 Å². The van der Waals surface area contributed by atoms with Crippen LogP contribution in [0.25, 0.3) is 0 Å². The van der Waals surface area contributed by atoms with Gasteiger partial charge in [0.05, 0.1) is 5.03 Å². The van der Waals surface area contributed by atoms with Crippen LogP contribution in [0.5, 0.6) is 0 Å². The average molecular weight is 267 g/mol. The molecule has 0 fully saturated rings. The topological polar surface area (TPSA) is 44.8 Å². The van der Waals surface area contributed by atoms with E-state index in [1.807, 2.05) is 0 Å². The van der Waals surface area contributed by atoms with Gasteiger partial charge in [0.25, 0.3) is 0 Å². The molecule has 1 unspecified atom stereocenters. The Balaban J connectivity index is 3.18. The summed E-state index contributed by atoms with van der Waals surface area (Å²) in [5, 5.41) is -0.0737. The highest BCUT2D eigenvalue weighted by Gasteiger charge is 2.52. The number of carbonyl (C=O) groups excluding carboxylic acids is 1. The molecule has 1 rings (SSSR count). The smallest absolute Gasteiger partial charge is 0.352 e. The van der Waals surface area contributed by atoms with Gasteiger partial charge in [0.2, 0.25) is 11.9 Å². The summed E-state index contributed by atoms with van der Waals surface area (Å²) in [6, 6.07) is 0. The highest BCUT2D eigenvalue weighted by molar-refractivity contribution is 6.49. The van der Waals surface area contributed by atoms with Gasteiger partial charge in [-0.05, 0) is 0 Å². The molecule has 1 heterocycles. The molecule has 0 amide bonds. The zero-order valence-electron chi connectivity index (χ0n) is 8.96. The summed E-state index contributed by atoms with van der Waals surface area (Å²) in [4.78, 5) is 11.4. The number of carbonyl (C=O) groups is 1. The second-order valence-electron chi connectivity index (χ2n) is 3.20. The highest BCUT2D eigenvalue weighted by atomic mass is 35.5. The zero-order chi connectivity index (χ0) is 12.3. The van der Waals surface area contributed by atoms with E-state index in [1.165, 1.54) is 14.2 Å². The van der Waals surface area contributed by atoms with E-state index in [0.717, 1.165) is 0 Å². The fourth-order valence-electron chi connectivity index (χ4n) is 1.60. The molecule has 0 saturated carbocycles. The number of hydrogen-bond acceptors (Lipinski definition) is 4. The molecule has 16 heavy (non-hydrogen) atoms. The largest absolute Gasteiger partial charge is 0.443 e. The first-order chi connectivity index (χ1) is 7.53. The van der Waals surface area contributed by atoms with E-state index >= 15 is 0 Å². The maximum Gasteiger partial charge on any atom is 0.352 e. The van der Waals surface area contributed by atoms with E-state index < -0.39 is 17.9 Å². The highest BCUT2D eigenvalue weighted by Crippen LogP contribution is 2.43. The summed E-state index contributed by atoms with van der Waals surface area (Å²) >= 11 is 11.7. The third-order valence-corrected chi connectivity index (χ3v) is 3.22. The lowest BCUT2D eigenvalue weighted by Crippen LogP contribution is -2.45. The molecule has 6 heteroatoms. The first-order valence-electron chi connectivity index (χ1n) is 4.49. The number of esters is 1. The molecule has 4 nitrogen and oxygen atoms in total. The van der Waals surface area contributed by atoms with E-state index in [4.69, 9.17) is 37.4 Å². The molecular weight excluding hydrogens is 255 g/mol. The van der Waals surface area contributed by atoms with Crippen LogP contribution in [0.3, 0.4) is 0 Å². The van der Waals surface area contributed by atoms with E-state index in [2.05, 4.69) is 6.58 Å². The fourth-order valence-corrected chi connectivity index (χ4v) is 2.08. The van der Waals surface area contributed by atoms with E-state index in [0.29, 0.717) is 0 Å². The van der Waals surface area contributed by atoms with E-state index in [9.17, 15) is 4.79 Å².